The van der Waals surface area contributed by atoms with Gasteiger partial charge in [-0.05, 0) is 43.1 Å². The van der Waals surface area contributed by atoms with E-state index in [1.807, 2.05) is 0 Å². The number of aliphatic hydroxyl groups is 1. The highest BCUT2D eigenvalue weighted by Crippen LogP contribution is 2.16. The molecule has 4 heteroatoms. The molecule has 15 heavy (non-hydrogen) atoms. The van der Waals surface area contributed by atoms with Crippen LogP contribution in [0.5, 0.6) is 0 Å². The van der Waals surface area contributed by atoms with Crippen LogP contribution in [0.1, 0.15) is 18.4 Å². The minimum absolute atomic E-state index is 0.211. The maximum absolute atomic E-state index is 12.9. The Kier molecular flexibility index (Phi) is 5.61. The number of unbranched alkanes of at least 4 members (excludes halogenated alkanes) is 1. The van der Waals surface area contributed by atoms with E-state index in [1.54, 1.807) is 6.07 Å². The summed E-state index contributed by atoms with van der Waals surface area (Å²) in [6, 6.07) is 4.33. The van der Waals surface area contributed by atoms with Crippen molar-refractivity contribution in [2.24, 2.45) is 0 Å². The number of nitrogens with one attached hydrogen (secondary N) is 1. The smallest absolute Gasteiger partial charge is 0.123 e. The van der Waals surface area contributed by atoms with Gasteiger partial charge in [-0.1, -0.05) is 11.6 Å². The summed E-state index contributed by atoms with van der Waals surface area (Å²) >= 11 is 5.89. The van der Waals surface area contributed by atoms with Gasteiger partial charge in [0.1, 0.15) is 5.82 Å². The highest BCUT2D eigenvalue weighted by Gasteiger charge is 2.01. The van der Waals surface area contributed by atoms with Gasteiger partial charge in [-0.25, -0.2) is 4.39 Å². The van der Waals surface area contributed by atoms with Crippen LogP contribution in [-0.2, 0) is 6.54 Å². The molecule has 0 aromatic heterocycles. The number of hydrogen-bond acceptors (Lipinski definition) is 2. The molecule has 1 rings (SSSR count). The Balaban J connectivity index is 2.33. The largest absolute Gasteiger partial charge is 0.396 e. The van der Waals surface area contributed by atoms with Gasteiger partial charge in [0, 0.05) is 18.2 Å². The zero-order valence-corrected chi connectivity index (χ0v) is 9.23. The fourth-order valence-electron chi connectivity index (χ4n) is 1.26. The second-order valence-electron chi connectivity index (χ2n) is 3.34. The van der Waals surface area contributed by atoms with Crippen molar-refractivity contribution in [2.75, 3.05) is 13.2 Å². The Bertz CT molecular complexity index is 307. The maximum atomic E-state index is 12.9. The molecule has 2 nitrogen and oxygen atoms in total. The quantitative estimate of drug-likeness (QED) is 0.737. The van der Waals surface area contributed by atoms with E-state index in [-0.39, 0.29) is 12.4 Å². The zero-order chi connectivity index (χ0) is 11.1. The maximum Gasteiger partial charge on any atom is 0.123 e. The second-order valence-corrected chi connectivity index (χ2v) is 3.75. The molecule has 0 atom stereocenters. The molecule has 84 valence electrons. The molecule has 0 aliphatic heterocycles. The standard InChI is InChI=1S/C11H15ClFNO/c12-11-4-3-10(13)7-9(11)8-14-5-1-2-6-15/h3-4,7,14-15H,1-2,5-6,8H2. The SMILES string of the molecule is OCCCCNCc1cc(F)ccc1Cl. The van der Waals surface area contributed by atoms with E-state index >= 15 is 0 Å². The van der Waals surface area contributed by atoms with Crippen LogP contribution < -0.4 is 5.32 Å². The number of hydrogen-bond donors (Lipinski definition) is 2. The Morgan fingerprint density at radius 3 is 2.87 bits per heavy atom. The summed E-state index contributed by atoms with van der Waals surface area (Å²) < 4.78 is 12.9. The number of benzene rings is 1. The number of halogens is 2. The van der Waals surface area contributed by atoms with E-state index in [0.29, 0.717) is 11.6 Å². The summed E-state index contributed by atoms with van der Waals surface area (Å²) in [5.74, 6) is -0.272. The van der Waals surface area contributed by atoms with Crippen LogP contribution in [-0.4, -0.2) is 18.3 Å². The third-order valence-electron chi connectivity index (χ3n) is 2.08. The molecule has 0 aliphatic rings. The summed E-state index contributed by atoms with van der Waals surface area (Å²) in [6.45, 7) is 1.57. The molecule has 0 saturated carbocycles. The van der Waals surface area contributed by atoms with E-state index < -0.39 is 0 Å². The molecule has 1 aromatic carbocycles. The van der Waals surface area contributed by atoms with Crippen molar-refractivity contribution >= 4 is 11.6 Å². The Labute approximate surface area is 94.1 Å². The predicted octanol–water partition coefficient (Wildman–Crippen LogP) is 2.34. The lowest BCUT2D eigenvalue weighted by atomic mass is 10.2. The molecule has 0 unspecified atom stereocenters. The van der Waals surface area contributed by atoms with Gasteiger partial charge < -0.3 is 10.4 Å². The molecule has 0 heterocycles. The predicted molar refractivity (Wildman–Crippen MR) is 59.4 cm³/mol. The third kappa shape index (κ3) is 4.60. The summed E-state index contributed by atoms with van der Waals surface area (Å²) in [7, 11) is 0. The minimum atomic E-state index is -0.272. The molecule has 0 bridgehead atoms. The van der Waals surface area contributed by atoms with Gasteiger partial charge in [0.2, 0.25) is 0 Å². The van der Waals surface area contributed by atoms with E-state index in [1.165, 1.54) is 12.1 Å². The van der Waals surface area contributed by atoms with Crippen LogP contribution in [0.4, 0.5) is 4.39 Å². The molecule has 1 aromatic rings. The fourth-order valence-corrected chi connectivity index (χ4v) is 1.45. The van der Waals surface area contributed by atoms with Gasteiger partial charge in [0.15, 0.2) is 0 Å². The highest BCUT2D eigenvalue weighted by atomic mass is 35.5. The molecular formula is C11H15ClFNO. The Hall–Kier alpha value is -0.640. The lowest BCUT2D eigenvalue weighted by Crippen LogP contribution is -2.15. The van der Waals surface area contributed by atoms with E-state index in [0.717, 1.165) is 24.9 Å². The number of aliphatic hydroxyl groups excluding tert-OH is 1. The van der Waals surface area contributed by atoms with E-state index in [9.17, 15) is 4.39 Å². The van der Waals surface area contributed by atoms with Crippen molar-refractivity contribution in [3.8, 4) is 0 Å². The first-order valence-corrected chi connectivity index (χ1v) is 5.37. The van der Waals surface area contributed by atoms with Crippen molar-refractivity contribution in [2.45, 2.75) is 19.4 Å². The monoisotopic (exact) mass is 231 g/mol. The summed E-state index contributed by atoms with van der Waals surface area (Å²) in [4.78, 5) is 0. The van der Waals surface area contributed by atoms with Gasteiger partial charge in [0.05, 0.1) is 0 Å². The third-order valence-corrected chi connectivity index (χ3v) is 2.45. The molecule has 0 saturated heterocycles. The highest BCUT2D eigenvalue weighted by molar-refractivity contribution is 6.31. The normalized spacial score (nSPS) is 10.6. The van der Waals surface area contributed by atoms with Crippen LogP contribution >= 0.6 is 11.6 Å². The number of rotatable bonds is 6. The molecule has 0 fully saturated rings. The average Bonchev–Trinajstić information content (AvgIpc) is 2.23. The van der Waals surface area contributed by atoms with Crippen molar-refractivity contribution < 1.29 is 9.50 Å². The summed E-state index contributed by atoms with van der Waals surface area (Å²) in [6.07, 6.45) is 1.69. The zero-order valence-electron chi connectivity index (χ0n) is 8.47. The Morgan fingerprint density at radius 1 is 1.33 bits per heavy atom. The second kappa shape index (κ2) is 6.77. The molecule has 0 spiro atoms. The topological polar surface area (TPSA) is 32.3 Å². The summed E-state index contributed by atoms with van der Waals surface area (Å²) in [5.41, 5.74) is 0.765. The van der Waals surface area contributed by atoms with Gasteiger partial charge in [-0.15, -0.1) is 0 Å². The minimum Gasteiger partial charge on any atom is -0.396 e. The molecular weight excluding hydrogens is 217 g/mol. The Morgan fingerprint density at radius 2 is 2.13 bits per heavy atom. The van der Waals surface area contributed by atoms with E-state index in [2.05, 4.69) is 5.32 Å². The van der Waals surface area contributed by atoms with E-state index in [4.69, 9.17) is 16.7 Å². The average molecular weight is 232 g/mol. The fraction of sp³-hybridized carbons (Fsp3) is 0.455. The van der Waals surface area contributed by atoms with Gasteiger partial charge >= 0.3 is 0 Å². The van der Waals surface area contributed by atoms with Crippen LogP contribution in [0.15, 0.2) is 18.2 Å². The van der Waals surface area contributed by atoms with Crippen molar-refractivity contribution in [1.29, 1.82) is 0 Å². The van der Waals surface area contributed by atoms with Crippen molar-refractivity contribution in [1.82, 2.24) is 5.32 Å². The first-order valence-electron chi connectivity index (χ1n) is 4.99. The summed E-state index contributed by atoms with van der Waals surface area (Å²) in [5, 5.41) is 12.3. The van der Waals surface area contributed by atoms with Gasteiger partial charge in [-0.2, -0.15) is 0 Å². The van der Waals surface area contributed by atoms with Crippen LogP contribution in [0.3, 0.4) is 0 Å². The molecule has 0 aliphatic carbocycles. The first-order chi connectivity index (χ1) is 7.24. The van der Waals surface area contributed by atoms with Crippen LogP contribution in [0.25, 0.3) is 0 Å². The van der Waals surface area contributed by atoms with Crippen molar-refractivity contribution in [3.63, 3.8) is 0 Å². The lowest BCUT2D eigenvalue weighted by Gasteiger charge is -2.06. The van der Waals surface area contributed by atoms with Crippen molar-refractivity contribution in [3.05, 3.63) is 34.6 Å². The van der Waals surface area contributed by atoms with Crippen LogP contribution in [0, 0.1) is 5.82 Å². The van der Waals surface area contributed by atoms with Crippen LogP contribution in [0.2, 0.25) is 5.02 Å². The lowest BCUT2D eigenvalue weighted by molar-refractivity contribution is 0.283. The molecule has 0 amide bonds. The first kappa shape index (κ1) is 12.4. The molecule has 0 radical (unpaired) electrons. The van der Waals surface area contributed by atoms with Gasteiger partial charge in [-0.3, -0.25) is 0 Å². The molecule has 2 N–H and O–H groups in total. The van der Waals surface area contributed by atoms with Gasteiger partial charge in [0.25, 0.3) is 0 Å².